The standard InChI is InChI=1S/C27H32N3O3/c31-25(11-5-8-20-6-1-2-7-20)28-15-12-22(13-16-28)27(33)29-18-24-23-10-4-3-9-21(23)14-17-30(24)26(32)19-29/h1-4,6-7,9-10,22,24H,5,8,11-19H2. The predicted molar refractivity (Wildman–Crippen MR) is 125 cm³/mol. The van der Waals surface area contributed by atoms with Crippen LogP contribution >= 0.6 is 0 Å². The first-order chi connectivity index (χ1) is 16.1. The van der Waals surface area contributed by atoms with Gasteiger partial charge in [-0.2, -0.15) is 0 Å². The molecule has 6 nitrogen and oxygen atoms in total. The third-order valence-electron chi connectivity index (χ3n) is 7.55. The van der Waals surface area contributed by atoms with Crippen LogP contribution in [-0.4, -0.2) is 65.1 Å². The first kappa shape index (κ1) is 22.4. The van der Waals surface area contributed by atoms with Crippen molar-refractivity contribution in [1.29, 1.82) is 0 Å². The van der Waals surface area contributed by atoms with E-state index in [9.17, 15) is 14.4 Å². The van der Waals surface area contributed by atoms with Crippen molar-refractivity contribution in [2.75, 3.05) is 32.7 Å². The highest BCUT2D eigenvalue weighted by atomic mass is 16.2. The van der Waals surface area contributed by atoms with Crippen molar-refractivity contribution in [3.63, 3.8) is 0 Å². The summed E-state index contributed by atoms with van der Waals surface area (Å²) in [6.07, 6.45) is 12.8. The minimum Gasteiger partial charge on any atom is -0.343 e. The lowest BCUT2D eigenvalue weighted by molar-refractivity contribution is -0.152. The molecule has 173 valence electrons. The van der Waals surface area contributed by atoms with E-state index in [1.54, 1.807) is 4.90 Å². The summed E-state index contributed by atoms with van der Waals surface area (Å²) in [7, 11) is 0. The number of carbonyl (C=O) groups excluding carboxylic acids is 3. The molecule has 0 bridgehead atoms. The Kier molecular flexibility index (Phi) is 6.70. The van der Waals surface area contributed by atoms with E-state index in [1.165, 1.54) is 17.0 Å². The maximum atomic E-state index is 13.3. The molecule has 1 saturated carbocycles. The number of hydrogen-bond acceptors (Lipinski definition) is 3. The summed E-state index contributed by atoms with van der Waals surface area (Å²) in [5.74, 6) is 1.50. The Morgan fingerprint density at radius 1 is 0.970 bits per heavy atom. The molecule has 1 aliphatic carbocycles. The van der Waals surface area contributed by atoms with Gasteiger partial charge in [-0.25, -0.2) is 0 Å². The van der Waals surface area contributed by atoms with Gasteiger partial charge in [0.1, 0.15) is 0 Å². The lowest BCUT2D eigenvalue weighted by Crippen LogP contribution is -2.57. The quantitative estimate of drug-likeness (QED) is 0.699. The van der Waals surface area contributed by atoms with Gasteiger partial charge in [0.05, 0.1) is 12.6 Å². The molecule has 0 spiro atoms. The molecule has 3 fully saturated rings. The van der Waals surface area contributed by atoms with E-state index in [4.69, 9.17) is 0 Å². The Bertz CT molecular complexity index is 886. The van der Waals surface area contributed by atoms with Gasteiger partial charge < -0.3 is 14.7 Å². The number of rotatable bonds is 5. The minimum atomic E-state index is -0.100. The number of benzene rings is 1. The Morgan fingerprint density at radius 2 is 1.73 bits per heavy atom. The van der Waals surface area contributed by atoms with Crippen molar-refractivity contribution in [1.82, 2.24) is 14.7 Å². The summed E-state index contributed by atoms with van der Waals surface area (Å²) in [5, 5.41) is 0. The molecule has 0 N–H and O–H groups in total. The number of likely N-dealkylation sites (tertiary alicyclic amines) is 1. The molecule has 1 unspecified atom stereocenters. The van der Waals surface area contributed by atoms with Crippen LogP contribution in [0.4, 0.5) is 0 Å². The zero-order valence-corrected chi connectivity index (χ0v) is 19.1. The van der Waals surface area contributed by atoms with Gasteiger partial charge in [0, 0.05) is 38.5 Å². The fourth-order valence-corrected chi connectivity index (χ4v) is 5.66. The highest BCUT2D eigenvalue weighted by Gasteiger charge is 2.40. The van der Waals surface area contributed by atoms with Crippen LogP contribution in [0.5, 0.6) is 0 Å². The number of carbonyl (C=O) groups is 3. The zero-order valence-electron chi connectivity index (χ0n) is 19.1. The van der Waals surface area contributed by atoms with Gasteiger partial charge >= 0.3 is 0 Å². The average Bonchev–Trinajstić information content (AvgIpc) is 3.37. The van der Waals surface area contributed by atoms with Gasteiger partial charge in [-0.3, -0.25) is 14.4 Å². The molecule has 5 rings (SSSR count). The fraction of sp³-hybridized carbons (Fsp3) is 0.481. The van der Waals surface area contributed by atoms with E-state index in [0.717, 1.165) is 25.8 Å². The molecule has 33 heavy (non-hydrogen) atoms. The molecule has 6 heteroatoms. The van der Waals surface area contributed by atoms with Crippen molar-refractivity contribution in [2.45, 2.75) is 44.6 Å². The van der Waals surface area contributed by atoms with Gasteiger partial charge in [-0.15, -0.1) is 0 Å². The summed E-state index contributed by atoms with van der Waals surface area (Å²) in [6.45, 7) is 2.74. The van der Waals surface area contributed by atoms with E-state index in [-0.39, 0.29) is 36.2 Å². The van der Waals surface area contributed by atoms with Crippen LogP contribution in [-0.2, 0) is 20.8 Å². The van der Waals surface area contributed by atoms with Crippen LogP contribution in [0.25, 0.3) is 0 Å². The number of nitrogens with zero attached hydrogens (tertiary/aromatic N) is 3. The van der Waals surface area contributed by atoms with E-state index in [1.807, 2.05) is 34.8 Å². The molecule has 3 amide bonds. The molecule has 3 heterocycles. The average molecular weight is 447 g/mol. The van der Waals surface area contributed by atoms with Crippen molar-refractivity contribution in [2.24, 2.45) is 5.92 Å². The predicted octanol–water partition coefficient (Wildman–Crippen LogP) is 2.77. The highest BCUT2D eigenvalue weighted by Crippen LogP contribution is 2.34. The number of amides is 3. The lowest BCUT2D eigenvalue weighted by Gasteiger charge is -2.45. The van der Waals surface area contributed by atoms with E-state index in [0.29, 0.717) is 38.9 Å². The Morgan fingerprint density at radius 3 is 2.52 bits per heavy atom. The lowest BCUT2D eigenvalue weighted by atomic mass is 9.89. The van der Waals surface area contributed by atoms with Crippen molar-refractivity contribution < 1.29 is 14.4 Å². The molecule has 5 radical (unpaired) electrons. The van der Waals surface area contributed by atoms with Gasteiger partial charge in [-0.1, -0.05) is 24.3 Å². The fourth-order valence-electron chi connectivity index (χ4n) is 5.66. The molecule has 3 aliphatic heterocycles. The van der Waals surface area contributed by atoms with Crippen LogP contribution < -0.4 is 0 Å². The monoisotopic (exact) mass is 446 g/mol. The highest BCUT2D eigenvalue weighted by molar-refractivity contribution is 5.88. The summed E-state index contributed by atoms with van der Waals surface area (Å²) in [5.41, 5.74) is 2.46. The first-order valence-corrected chi connectivity index (χ1v) is 12.2. The second kappa shape index (κ2) is 9.86. The smallest absolute Gasteiger partial charge is 0.242 e. The normalized spacial score (nSPS) is 24.1. The SMILES string of the molecule is O=C(CCC[C]1[CH][CH][CH][CH]1)N1CCC(C(=O)N2CC(=O)N3CCc4ccccc4C3C2)CC1. The molecular formula is C27H32N3O3. The summed E-state index contributed by atoms with van der Waals surface area (Å²) in [6, 6.07) is 8.24. The van der Waals surface area contributed by atoms with Crippen LogP contribution in [0.1, 0.15) is 49.3 Å². The van der Waals surface area contributed by atoms with Gasteiger partial charge in [0.2, 0.25) is 17.7 Å². The number of hydrogen-bond donors (Lipinski definition) is 0. The Balaban J connectivity index is 1.13. The van der Waals surface area contributed by atoms with Crippen LogP contribution in [0, 0.1) is 37.5 Å². The molecular weight excluding hydrogens is 414 g/mol. The van der Waals surface area contributed by atoms with Crippen molar-refractivity contribution in [3.05, 3.63) is 67.0 Å². The Hall–Kier alpha value is -2.37. The molecule has 2 saturated heterocycles. The topological polar surface area (TPSA) is 60.9 Å². The Labute approximate surface area is 197 Å². The van der Waals surface area contributed by atoms with Gasteiger partial charge in [0.25, 0.3) is 0 Å². The number of piperidine rings is 1. The summed E-state index contributed by atoms with van der Waals surface area (Å²) < 4.78 is 0. The maximum Gasteiger partial charge on any atom is 0.242 e. The van der Waals surface area contributed by atoms with E-state index in [2.05, 4.69) is 25.0 Å². The van der Waals surface area contributed by atoms with E-state index >= 15 is 0 Å². The second-order valence-corrected chi connectivity index (χ2v) is 9.57. The van der Waals surface area contributed by atoms with Crippen LogP contribution in [0.15, 0.2) is 24.3 Å². The third kappa shape index (κ3) is 4.80. The van der Waals surface area contributed by atoms with Crippen molar-refractivity contribution in [3.8, 4) is 0 Å². The van der Waals surface area contributed by atoms with Gasteiger partial charge in [-0.05, 0) is 74.8 Å². The third-order valence-corrected chi connectivity index (χ3v) is 7.55. The molecule has 1 aromatic rings. The van der Waals surface area contributed by atoms with E-state index < -0.39 is 0 Å². The largest absolute Gasteiger partial charge is 0.343 e. The van der Waals surface area contributed by atoms with Gasteiger partial charge in [0.15, 0.2) is 0 Å². The summed E-state index contributed by atoms with van der Waals surface area (Å²) >= 11 is 0. The second-order valence-electron chi connectivity index (χ2n) is 9.57. The zero-order chi connectivity index (χ0) is 22.8. The molecule has 4 aliphatic rings. The maximum absolute atomic E-state index is 13.3. The molecule has 1 aromatic carbocycles. The minimum absolute atomic E-state index is 0.0377. The number of fused-ring (bicyclic) bond motifs is 3. The van der Waals surface area contributed by atoms with Crippen LogP contribution in [0.2, 0.25) is 0 Å². The van der Waals surface area contributed by atoms with Crippen molar-refractivity contribution >= 4 is 17.7 Å². The summed E-state index contributed by atoms with van der Waals surface area (Å²) in [4.78, 5) is 44.4. The molecule has 0 aromatic heterocycles. The first-order valence-electron chi connectivity index (χ1n) is 12.2. The number of piperazine rings is 1. The van der Waals surface area contributed by atoms with Crippen LogP contribution in [0.3, 0.4) is 0 Å². The molecule has 1 atom stereocenters.